The van der Waals surface area contributed by atoms with Crippen LogP contribution in [0.25, 0.3) is 10.9 Å². The first-order valence-corrected chi connectivity index (χ1v) is 7.74. The zero-order valence-electron chi connectivity index (χ0n) is 11.5. The minimum Gasteiger partial charge on any atom is -0.367 e. The van der Waals surface area contributed by atoms with E-state index in [2.05, 4.69) is 36.5 Å². The Labute approximate surface area is 133 Å². The lowest BCUT2D eigenvalue weighted by atomic mass is 10.1. The highest BCUT2D eigenvalue weighted by Crippen LogP contribution is 2.32. The van der Waals surface area contributed by atoms with Gasteiger partial charge in [-0.05, 0) is 44.1 Å². The third kappa shape index (κ3) is 3.33. The van der Waals surface area contributed by atoms with Crippen molar-refractivity contribution in [2.75, 3.05) is 18.4 Å². The molecule has 0 amide bonds. The predicted molar refractivity (Wildman–Crippen MR) is 81.8 cm³/mol. The van der Waals surface area contributed by atoms with Gasteiger partial charge < -0.3 is 10.6 Å². The number of nitrogens with one attached hydrogen (secondary N) is 2. The average Bonchev–Trinajstić information content (AvgIpc) is 2.47. The zero-order chi connectivity index (χ0) is 15.7. The van der Waals surface area contributed by atoms with E-state index in [1.54, 1.807) is 18.2 Å². The summed E-state index contributed by atoms with van der Waals surface area (Å²) in [6.07, 6.45) is -2.87. The molecular formula is C14H14BrF3N4. The number of rotatable bonds is 2. The molecule has 118 valence electrons. The summed E-state index contributed by atoms with van der Waals surface area (Å²) in [5, 5.41) is 6.96. The molecule has 3 rings (SSSR count). The van der Waals surface area contributed by atoms with Gasteiger partial charge >= 0.3 is 6.18 Å². The normalized spacial score (nSPS) is 16.9. The molecule has 4 nitrogen and oxygen atoms in total. The Morgan fingerprint density at radius 1 is 1.18 bits per heavy atom. The summed E-state index contributed by atoms with van der Waals surface area (Å²) in [6, 6.07) is 5.08. The van der Waals surface area contributed by atoms with E-state index in [-0.39, 0.29) is 17.4 Å². The van der Waals surface area contributed by atoms with Gasteiger partial charge in [-0.25, -0.2) is 9.97 Å². The molecule has 2 aromatic rings. The van der Waals surface area contributed by atoms with Gasteiger partial charge in [-0.1, -0.05) is 15.9 Å². The molecule has 2 heterocycles. The van der Waals surface area contributed by atoms with Crippen LogP contribution in [0.2, 0.25) is 0 Å². The lowest BCUT2D eigenvalue weighted by Crippen LogP contribution is -2.35. The largest absolute Gasteiger partial charge is 0.451 e. The maximum absolute atomic E-state index is 13.0. The van der Waals surface area contributed by atoms with Gasteiger partial charge in [0.25, 0.3) is 0 Å². The summed E-state index contributed by atoms with van der Waals surface area (Å²) in [6.45, 7) is 1.69. The molecule has 1 aromatic carbocycles. The number of hydrogen-bond donors (Lipinski definition) is 2. The van der Waals surface area contributed by atoms with Crippen molar-refractivity contribution in [2.24, 2.45) is 0 Å². The third-order valence-corrected chi connectivity index (χ3v) is 4.08. The molecule has 1 saturated heterocycles. The molecule has 1 aliphatic rings. The molecule has 0 atom stereocenters. The van der Waals surface area contributed by atoms with Crippen molar-refractivity contribution in [2.45, 2.75) is 25.1 Å². The summed E-state index contributed by atoms with van der Waals surface area (Å²) >= 11 is 3.33. The minimum atomic E-state index is -4.56. The number of aromatic nitrogens is 2. The van der Waals surface area contributed by atoms with Crippen LogP contribution in [0.3, 0.4) is 0 Å². The Balaban J connectivity index is 2.05. The van der Waals surface area contributed by atoms with Crippen molar-refractivity contribution in [1.82, 2.24) is 15.3 Å². The molecule has 0 unspecified atom stereocenters. The molecule has 1 aromatic heterocycles. The summed E-state index contributed by atoms with van der Waals surface area (Å²) in [4.78, 5) is 7.35. The molecule has 0 spiro atoms. The molecule has 2 N–H and O–H groups in total. The highest BCUT2D eigenvalue weighted by molar-refractivity contribution is 9.10. The fraction of sp³-hybridized carbons (Fsp3) is 0.429. The zero-order valence-corrected chi connectivity index (χ0v) is 13.1. The quantitative estimate of drug-likeness (QED) is 0.843. The monoisotopic (exact) mass is 374 g/mol. The fourth-order valence-corrected chi connectivity index (χ4v) is 2.86. The lowest BCUT2D eigenvalue weighted by Gasteiger charge is -2.25. The van der Waals surface area contributed by atoms with Crippen LogP contribution >= 0.6 is 15.9 Å². The van der Waals surface area contributed by atoms with Crippen LogP contribution in [0, 0.1) is 0 Å². The predicted octanol–water partition coefficient (Wildman–Crippen LogP) is 3.58. The number of alkyl halides is 3. The second-order valence-electron chi connectivity index (χ2n) is 5.22. The number of anilines is 1. The fourth-order valence-electron chi connectivity index (χ4n) is 2.50. The van der Waals surface area contributed by atoms with Crippen LogP contribution in [-0.4, -0.2) is 29.1 Å². The maximum Gasteiger partial charge on any atom is 0.451 e. The SMILES string of the molecule is FC(F)(F)c1nc(NC2CCNCC2)c2cc(Br)ccc2n1. The van der Waals surface area contributed by atoms with Crippen LogP contribution in [0.5, 0.6) is 0 Å². The van der Waals surface area contributed by atoms with Crippen LogP contribution in [0.15, 0.2) is 22.7 Å². The third-order valence-electron chi connectivity index (χ3n) is 3.59. The highest BCUT2D eigenvalue weighted by atomic mass is 79.9. The van der Waals surface area contributed by atoms with Gasteiger partial charge in [0.2, 0.25) is 5.82 Å². The average molecular weight is 375 g/mol. The van der Waals surface area contributed by atoms with E-state index in [0.29, 0.717) is 5.39 Å². The molecule has 1 fully saturated rings. The molecule has 8 heteroatoms. The summed E-state index contributed by atoms with van der Waals surface area (Å²) < 4.78 is 39.7. The van der Waals surface area contributed by atoms with Gasteiger partial charge in [0.05, 0.1) is 5.52 Å². The highest BCUT2D eigenvalue weighted by Gasteiger charge is 2.35. The maximum atomic E-state index is 13.0. The van der Waals surface area contributed by atoms with E-state index in [1.807, 2.05) is 0 Å². The van der Waals surface area contributed by atoms with E-state index in [4.69, 9.17) is 0 Å². The van der Waals surface area contributed by atoms with Crippen molar-refractivity contribution >= 4 is 32.7 Å². The van der Waals surface area contributed by atoms with Crippen LogP contribution in [-0.2, 0) is 6.18 Å². The van der Waals surface area contributed by atoms with Crippen molar-refractivity contribution in [3.8, 4) is 0 Å². The first-order chi connectivity index (χ1) is 10.4. The van der Waals surface area contributed by atoms with Gasteiger partial charge in [0, 0.05) is 15.9 Å². The number of hydrogen-bond acceptors (Lipinski definition) is 4. The topological polar surface area (TPSA) is 49.8 Å². The van der Waals surface area contributed by atoms with Gasteiger partial charge in [-0.15, -0.1) is 0 Å². The Bertz CT molecular complexity index is 684. The molecule has 0 aliphatic carbocycles. The summed E-state index contributed by atoms with van der Waals surface area (Å²) in [5.41, 5.74) is 0.280. The number of fused-ring (bicyclic) bond motifs is 1. The smallest absolute Gasteiger partial charge is 0.367 e. The van der Waals surface area contributed by atoms with Gasteiger partial charge in [-0.2, -0.15) is 13.2 Å². The Morgan fingerprint density at radius 3 is 2.59 bits per heavy atom. The molecule has 22 heavy (non-hydrogen) atoms. The number of piperidine rings is 1. The van der Waals surface area contributed by atoms with E-state index >= 15 is 0 Å². The Morgan fingerprint density at radius 2 is 1.91 bits per heavy atom. The second-order valence-corrected chi connectivity index (χ2v) is 6.14. The Kier molecular flexibility index (Phi) is 4.22. The number of benzene rings is 1. The van der Waals surface area contributed by atoms with Crippen LogP contribution in [0.4, 0.5) is 19.0 Å². The van der Waals surface area contributed by atoms with Crippen molar-refractivity contribution < 1.29 is 13.2 Å². The van der Waals surface area contributed by atoms with Gasteiger partial charge in [0.15, 0.2) is 0 Å². The minimum absolute atomic E-state index is 0.111. The van der Waals surface area contributed by atoms with E-state index < -0.39 is 12.0 Å². The van der Waals surface area contributed by atoms with E-state index in [0.717, 1.165) is 30.4 Å². The molecule has 0 radical (unpaired) electrons. The van der Waals surface area contributed by atoms with Crippen molar-refractivity contribution in [3.63, 3.8) is 0 Å². The standard InChI is InChI=1S/C14H14BrF3N4/c15-8-1-2-11-10(7-8)12(20-9-3-5-19-6-4-9)22-13(21-11)14(16,17)18/h1-2,7,9,19H,3-6H2,(H,20,21,22). The number of nitrogens with zero attached hydrogens (tertiary/aromatic N) is 2. The van der Waals surface area contributed by atoms with Crippen molar-refractivity contribution in [1.29, 1.82) is 0 Å². The van der Waals surface area contributed by atoms with E-state index in [1.165, 1.54) is 0 Å². The molecule has 0 saturated carbocycles. The molecule has 1 aliphatic heterocycles. The summed E-state index contributed by atoms with van der Waals surface area (Å²) in [5.74, 6) is -0.871. The first-order valence-electron chi connectivity index (χ1n) is 6.95. The first kappa shape index (κ1) is 15.5. The van der Waals surface area contributed by atoms with Crippen LogP contribution < -0.4 is 10.6 Å². The Hall–Kier alpha value is -1.41. The lowest BCUT2D eigenvalue weighted by molar-refractivity contribution is -0.144. The number of halogens is 4. The van der Waals surface area contributed by atoms with Gasteiger partial charge in [-0.3, -0.25) is 0 Å². The van der Waals surface area contributed by atoms with Crippen molar-refractivity contribution in [3.05, 3.63) is 28.5 Å². The summed E-state index contributed by atoms with van der Waals surface area (Å²) in [7, 11) is 0. The van der Waals surface area contributed by atoms with Crippen LogP contribution in [0.1, 0.15) is 18.7 Å². The second kappa shape index (κ2) is 6.00. The molecule has 0 bridgehead atoms. The van der Waals surface area contributed by atoms with Gasteiger partial charge in [0.1, 0.15) is 5.82 Å². The molecular weight excluding hydrogens is 361 g/mol. The van der Waals surface area contributed by atoms with E-state index in [9.17, 15) is 13.2 Å².